The first-order valence-electron chi connectivity index (χ1n) is 7.19. The van der Waals surface area contributed by atoms with Gasteiger partial charge >= 0.3 is 0 Å². The minimum atomic E-state index is -0.314. The van der Waals surface area contributed by atoms with Crippen LogP contribution < -0.4 is 10.6 Å². The molecule has 0 saturated carbocycles. The molecule has 2 N–H and O–H groups in total. The highest BCUT2D eigenvalue weighted by atomic mass is 127. The van der Waals surface area contributed by atoms with Crippen LogP contribution in [-0.4, -0.2) is 38.8 Å². The Balaban J connectivity index is 0.00000242. The van der Waals surface area contributed by atoms with E-state index in [1.54, 1.807) is 13.1 Å². The van der Waals surface area contributed by atoms with Crippen LogP contribution in [0.15, 0.2) is 23.2 Å². The summed E-state index contributed by atoms with van der Waals surface area (Å²) in [5.74, 6) is 0.425. The summed E-state index contributed by atoms with van der Waals surface area (Å²) < 4.78 is 18.5. The predicted octanol–water partition coefficient (Wildman–Crippen LogP) is 2.98. The molecule has 0 radical (unpaired) electrons. The van der Waals surface area contributed by atoms with Crippen LogP contribution in [0.25, 0.3) is 0 Å². The topological polar surface area (TPSA) is 45.7 Å². The van der Waals surface area contributed by atoms with E-state index in [1.807, 2.05) is 0 Å². The van der Waals surface area contributed by atoms with Gasteiger partial charge in [0.2, 0.25) is 0 Å². The molecule has 1 heterocycles. The van der Waals surface area contributed by atoms with E-state index in [0.717, 1.165) is 37.5 Å². The standard InChI is InChI=1S/C15H21ClFN3O.HI/c1-18-15(20-10-13-3-2-8-21-13)19-7-6-11-4-5-12(17)9-14(11)16;/h4-5,9,13H,2-3,6-8,10H2,1H3,(H2,18,19,20);1H. The first-order valence-corrected chi connectivity index (χ1v) is 7.57. The van der Waals surface area contributed by atoms with Crippen molar-refractivity contribution < 1.29 is 9.13 Å². The van der Waals surface area contributed by atoms with Gasteiger partial charge in [-0.1, -0.05) is 17.7 Å². The fourth-order valence-corrected chi connectivity index (χ4v) is 2.54. The monoisotopic (exact) mass is 441 g/mol. The molecular formula is C15H22ClFIN3O. The van der Waals surface area contributed by atoms with Crippen LogP contribution in [0, 0.1) is 5.82 Å². The third-order valence-electron chi connectivity index (χ3n) is 3.45. The predicted molar refractivity (Wildman–Crippen MR) is 98.9 cm³/mol. The number of nitrogens with zero attached hydrogens (tertiary/aromatic N) is 1. The normalized spacial score (nSPS) is 18.0. The Hall–Kier alpha value is -0.600. The molecule has 0 spiro atoms. The molecule has 1 aliphatic heterocycles. The molecule has 0 bridgehead atoms. The van der Waals surface area contributed by atoms with E-state index in [1.165, 1.54) is 12.1 Å². The van der Waals surface area contributed by atoms with Crippen LogP contribution in [0.2, 0.25) is 5.02 Å². The highest BCUT2D eigenvalue weighted by Gasteiger charge is 2.15. The molecule has 1 fully saturated rings. The van der Waals surface area contributed by atoms with Crippen molar-refractivity contribution in [3.8, 4) is 0 Å². The molecule has 1 aromatic carbocycles. The number of halogens is 3. The average Bonchev–Trinajstić information content (AvgIpc) is 2.98. The van der Waals surface area contributed by atoms with Crippen LogP contribution in [0.5, 0.6) is 0 Å². The van der Waals surface area contributed by atoms with Gasteiger partial charge in [-0.25, -0.2) is 4.39 Å². The molecule has 0 aromatic heterocycles. The maximum absolute atomic E-state index is 13.0. The second kappa shape index (κ2) is 10.2. The largest absolute Gasteiger partial charge is 0.376 e. The highest BCUT2D eigenvalue weighted by molar-refractivity contribution is 14.0. The molecule has 1 unspecified atom stereocenters. The number of nitrogens with one attached hydrogen (secondary N) is 2. The van der Waals surface area contributed by atoms with E-state index in [2.05, 4.69) is 15.6 Å². The molecule has 7 heteroatoms. The third kappa shape index (κ3) is 6.26. The Kier molecular flexibility index (Phi) is 9.04. The molecule has 22 heavy (non-hydrogen) atoms. The lowest BCUT2D eigenvalue weighted by Gasteiger charge is -2.15. The molecule has 1 atom stereocenters. The second-order valence-corrected chi connectivity index (χ2v) is 5.41. The summed E-state index contributed by atoms with van der Waals surface area (Å²) in [6, 6.07) is 4.47. The number of ether oxygens (including phenoxy) is 1. The molecule has 124 valence electrons. The summed E-state index contributed by atoms with van der Waals surface area (Å²) in [5, 5.41) is 6.91. The molecule has 1 saturated heterocycles. The van der Waals surface area contributed by atoms with Crippen molar-refractivity contribution in [3.63, 3.8) is 0 Å². The molecule has 0 aliphatic carbocycles. The van der Waals surface area contributed by atoms with Crippen LogP contribution >= 0.6 is 35.6 Å². The van der Waals surface area contributed by atoms with Gasteiger partial charge in [-0.3, -0.25) is 4.99 Å². The molecule has 1 aromatic rings. The van der Waals surface area contributed by atoms with Crippen molar-refractivity contribution in [2.45, 2.75) is 25.4 Å². The summed E-state index contributed by atoms with van der Waals surface area (Å²) in [5.41, 5.74) is 0.917. The van der Waals surface area contributed by atoms with Crippen LogP contribution in [-0.2, 0) is 11.2 Å². The minimum Gasteiger partial charge on any atom is -0.376 e. The zero-order chi connectivity index (χ0) is 15.1. The van der Waals surface area contributed by atoms with Crippen molar-refractivity contribution in [1.82, 2.24) is 10.6 Å². The lowest BCUT2D eigenvalue weighted by atomic mass is 10.1. The maximum atomic E-state index is 13.0. The van der Waals surface area contributed by atoms with E-state index in [0.29, 0.717) is 18.0 Å². The summed E-state index contributed by atoms with van der Waals surface area (Å²) in [6.45, 7) is 2.29. The summed E-state index contributed by atoms with van der Waals surface area (Å²) in [7, 11) is 1.73. The fraction of sp³-hybridized carbons (Fsp3) is 0.533. The van der Waals surface area contributed by atoms with Crippen molar-refractivity contribution in [2.75, 3.05) is 26.7 Å². The van der Waals surface area contributed by atoms with Gasteiger partial charge in [0.15, 0.2) is 5.96 Å². The van der Waals surface area contributed by atoms with Crippen LogP contribution in [0.3, 0.4) is 0 Å². The first kappa shape index (κ1) is 19.4. The first-order chi connectivity index (χ1) is 10.2. The van der Waals surface area contributed by atoms with Gasteiger partial charge in [-0.15, -0.1) is 24.0 Å². The Morgan fingerprint density at radius 2 is 2.27 bits per heavy atom. The lowest BCUT2D eigenvalue weighted by molar-refractivity contribution is 0.114. The average molecular weight is 442 g/mol. The number of hydrogen-bond donors (Lipinski definition) is 2. The Morgan fingerprint density at radius 3 is 2.91 bits per heavy atom. The summed E-state index contributed by atoms with van der Waals surface area (Å²) >= 11 is 6.00. The quantitative estimate of drug-likeness (QED) is 0.419. The number of hydrogen-bond acceptors (Lipinski definition) is 2. The second-order valence-electron chi connectivity index (χ2n) is 5.00. The van der Waals surface area contributed by atoms with Gasteiger partial charge in [0.1, 0.15) is 5.82 Å². The number of benzene rings is 1. The van der Waals surface area contributed by atoms with Gasteiger partial charge in [-0.2, -0.15) is 0 Å². The van der Waals surface area contributed by atoms with Gasteiger partial charge in [-0.05, 0) is 37.0 Å². The van der Waals surface area contributed by atoms with Crippen molar-refractivity contribution in [2.24, 2.45) is 4.99 Å². The number of aliphatic imine (C=N–C) groups is 1. The zero-order valence-electron chi connectivity index (χ0n) is 12.6. The smallest absolute Gasteiger partial charge is 0.191 e. The van der Waals surface area contributed by atoms with E-state index < -0.39 is 0 Å². The van der Waals surface area contributed by atoms with Gasteiger partial charge < -0.3 is 15.4 Å². The van der Waals surface area contributed by atoms with Crippen molar-refractivity contribution >= 4 is 41.5 Å². The molecule has 0 amide bonds. The highest BCUT2D eigenvalue weighted by Crippen LogP contribution is 2.17. The van der Waals surface area contributed by atoms with Gasteiger partial charge in [0.25, 0.3) is 0 Å². The number of rotatable bonds is 5. The zero-order valence-corrected chi connectivity index (χ0v) is 15.7. The van der Waals surface area contributed by atoms with E-state index >= 15 is 0 Å². The summed E-state index contributed by atoms with van der Waals surface area (Å²) in [4.78, 5) is 4.16. The summed E-state index contributed by atoms with van der Waals surface area (Å²) in [6.07, 6.45) is 3.20. The van der Waals surface area contributed by atoms with Gasteiger partial charge in [0, 0.05) is 31.8 Å². The van der Waals surface area contributed by atoms with E-state index in [9.17, 15) is 4.39 Å². The molecular weight excluding hydrogens is 420 g/mol. The Morgan fingerprint density at radius 1 is 1.45 bits per heavy atom. The van der Waals surface area contributed by atoms with Crippen LogP contribution in [0.1, 0.15) is 18.4 Å². The van der Waals surface area contributed by atoms with Crippen molar-refractivity contribution in [3.05, 3.63) is 34.6 Å². The Labute approximate surface area is 152 Å². The molecule has 4 nitrogen and oxygen atoms in total. The lowest BCUT2D eigenvalue weighted by Crippen LogP contribution is -2.41. The maximum Gasteiger partial charge on any atom is 0.191 e. The Bertz CT molecular complexity index is 496. The van der Waals surface area contributed by atoms with Crippen molar-refractivity contribution in [1.29, 1.82) is 0 Å². The minimum absolute atomic E-state index is 0. The third-order valence-corrected chi connectivity index (χ3v) is 3.80. The van der Waals surface area contributed by atoms with E-state index in [4.69, 9.17) is 16.3 Å². The van der Waals surface area contributed by atoms with E-state index in [-0.39, 0.29) is 35.9 Å². The molecule has 1 aliphatic rings. The van der Waals surface area contributed by atoms with Gasteiger partial charge in [0.05, 0.1) is 6.10 Å². The molecule has 2 rings (SSSR count). The van der Waals surface area contributed by atoms with Crippen LogP contribution in [0.4, 0.5) is 4.39 Å². The fourth-order valence-electron chi connectivity index (χ4n) is 2.28. The number of guanidine groups is 1. The SMILES string of the molecule is CN=C(NCCc1ccc(F)cc1Cl)NCC1CCCO1.I.